The number of nitrogens with two attached hydrogens (primary N) is 1. The lowest BCUT2D eigenvalue weighted by molar-refractivity contribution is -0.147. The number of likely N-dealkylation sites (tertiary alicyclic amines) is 1. The second-order valence-corrected chi connectivity index (χ2v) is 5.36. The third-order valence-corrected chi connectivity index (χ3v) is 3.92. The molecule has 1 fully saturated rings. The van der Waals surface area contributed by atoms with Gasteiger partial charge in [-0.05, 0) is 41.1 Å². The molecule has 0 spiro atoms. The Morgan fingerprint density at radius 3 is 2.82 bits per heavy atom. The third-order valence-electron chi connectivity index (χ3n) is 3.22. The first-order chi connectivity index (χ1) is 8.09. The van der Waals surface area contributed by atoms with E-state index in [9.17, 15) is 9.59 Å². The van der Waals surface area contributed by atoms with Gasteiger partial charge >= 0.3 is 11.8 Å². The average Bonchev–Trinajstić information content (AvgIpc) is 2.81. The summed E-state index contributed by atoms with van der Waals surface area (Å²) in [6.07, 6.45) is 1.97. The van der Waals surface area contributed by atoms with Crippen LogP contribution in [-0.4, -0.2) is 23.3 Å². The first-order valence-electron chi connectivity index (χ1n) is 5.72. The average molecular weight is 252 g/mol. The van der Waals surface area contributed by atoms with E-state index in [1.54, 1.807) is 16.2 Å². The minimum Gasteiger partial charge on any atom is -0.361 e. The fourth-order valence-corrected chi connectivity index (χ4v) is 3.04. The highest BCUT2D eigenvalue weighted by Gasteiger charge is 2.33. The van der Waals surface area contributed by atoms with Crippen molar-refractivity contribution in [2.24, 2.45) is 11.7 Å². The van der Waals surface area contributed by atoms with Gasteiger partial charge in [-0.2, -0.15) is 11.3 Å². The molecule has 0 saturated carbocycles. The summed E-state index contributed by atoms with van der Waals surface area (Å²) in [7, 11) is 0. The number of hydrogen-bond donors (Lipinski definition) is 1. The zero-order chi connectivity index (χ0) is 12.4. The van der Waals surface area contributed by atoms with Gasteiger partial charge in [-0.15, -0.1) is 0 Å². The Balaban J connectivity index is 2.23. The first-order valence-corrected chi connectivity index (χ1v) is 6.66. The summed E-state index contributed by atoms with van der Waals surface area (Å²) in [6.45, 7) is 2.70. The Morgan fingerprint density at radius 1 is 1.47 bits per heavy atom. The van der Waals surface area contributed by atoms with E-state index in [0.717, 1.165) is 18.4 Å². The van der Waals surface area contributed by atoms with Crippen molar-refractivity contribution in [3.05, 3.63) is 22.4 Å². The van der Waals surface area contributed by atoms with Crippen LogP contribution in [0.4, 0.5) is 0 Å². The Bertz CT molecular complexity index is 416. The van der Waals surface area contributed by atoms with Gasteiger partial charge in [-0.3, -0.25) is 9.59 Å². The van der Waals surface area contributed by atoms with Crippen molar-refractivity contribution in [3.63, 3.8) is 0 Å². The fourth-order valence-electron chi connectivity index (χ4n) is 2.33. The van der Waals surface area contributed by atoms with E-state index in [4.69, 9.17) is 5.73 Å². The summed E-state index contributed by atoms with van der Waals surface area (Å²) in [5, 5.41) is 4.02. The van der Waals surface area contributed by atoms with Crippen LogP contribution in [0.2, 0.25) is 0 Å². The van der Waals surface area contributed by atoms with Crippen molar-refractivity contribution < 1.29 is 9.59 Å². The fraction of sp³-hybridized carbons (Fsp3) is 0.500. The predicted molar refractivity (Wildman–Crippen MR) is 66.4 cm³/mol. The molecule has 0 radical (unpaired) electrons. The number of nitrogens with zero attached hydrogens (tertiary/aromatic N) is 1. The number of piperidine rings is 1. The monoisotopic (exact) mass is 252 g/mol. The minimum atomic E-state index is -0.862. The molecular formula is C12H16N2O2S. The van der Waals surface area contributed by atoms with Gasteiger partial charge in [0.1, 0.15) is 0 Å². The van der Waals surface area contributed by atoms with E-state index in [-0.39, 0.29) is 6.04 Å². The van der Waals surface area contributed by atoms with Crippen LogP contribution >= 0.6 is 11.3 Å². The molecule has 1 aliphatic rings. The van der Waals surface area contributed by atoms with E-state index in [1.165, 1.54) is 0 Å². The normalized spacial score (nSPS) is 24.6. The number of carbonyl (C=O) groups is 2. The van der Waals surface area contributed by atoms with Gasteiger partial charge in [0, 0.05) is 6.54 Å². The van der Waals surface area contributed by atoms with Crippen molar-refractivity contribution >= 4 is 23.2 Å². The quantitative estimate of drug-likeness (QED) is 0.770. The number of thiophene rings is 1. The molecule has 17 heavy (non-hydrogen) atoms. The zero-order valence-corrected chi connectivity index (χ0v) is 10.6. The maximum atomic E-state index is 11.8. The number of carbonyl (C=O) groups excluding carboxylic acids is 2. The lowest BCUT2D eigenvalue weighted by Crippen LogP contribution is -2.46. The third kappa shape index (κ3) is 2.49. The summed E-state index contributed by atoms with van der Waals surface area (Å²) in [5.74, 6) is -1.000. The van der Waals surface area contributed by atoms with E-state index < -0.39 is 11.8 Å². The highest BCUT2D eigenvalue weighted by molar-refractivity contribution is 7.08. The maximum absolute atomic E-state index is 11.8. The van der Waals surface area contributed by atoms with E-state index in [1.807, 2.05) is 16.8 Å². The van der Waals surface area contributed by atoms with Crippen molar-refractivity contribution in [1.82, 2.24) is 4.90 Å². The number of primary amides is 1. The van der Waals surface area contributed by atoms with Crippen LogP contribution in [0.25, 0.3) is 0 Å². The smallest absolute Gasteiger partial charge is 0.312 e. The largest absolute Gasteiger partial charge is 0.361 e. The summed E-state index contributed by atoms with van der Waals surface area (Å²) >= 11 is 1.60. The molecule has 2 N–H and O–H groups in total. The molecule has 1 aliphatic heterocycles. The highest BCUT2D eigenvalue weighted by atomic mass is 32.1. The Kier molecular flexibility index (Phi) is 3.47. The lowest BCUT2D eigenvalue weighted by Gasteiger charge is -2.37. The molecule has 2 amide bonds. The Labute approximate surface area is 104 Å². The van der Waals surface area contributed by atoms with Gasteiger partial charge in [0.05, 0.1) is 6.04 Å². The lowest BCUT2D eigenvalue weighted by atomic mass is 9.91. The number of rotatable bonds is 1. The standard InChI is InChI=1S/C12H16N2O2S/c1-8-2-3-10(9-4-5-17-7-9)14(6-8)12(16)11(13)15/h4-5,7-8,10H,2-3,6H2,1H3,(H2,13,15)/t8-,10+/m0/s1. The molecule has 2 rings (SSSR count). The topological polar surface area (TPSA) is 63.4 Å². The molecular weight excluding hydrogens is 236 g/mol. The van der Waals surface area contributed by atoms with Crippen molar-refractivity contribution in [2.45, 2.75) is 25.8 Å². The molecule has 0 aromatic carbocycles. The van der Waals surface area contributed by atoms with Gasteiger partial charge in [0.15, 0.2) is 0 Å². The predicted octanol–water partition coefficient (Wildman–Crippen LogP) is 1.53. The molecule has 4 nitrogen and oxygen atoms in total. The van der Waals surface area contributed by atoms with Crippen LogP contribution < -0.4 is 5.73 Å². The van der Waals surface area contributed by atoms with E-state index >= 15 is 0 Å². The van der Waals surface area contributed by atoms with Gasteiger partial charge in [-0.25, -0.2) is 0 Å². The van der Waals surface area contributed by atoms with Crippen molar-refractivity contribution in [2.75, 3.05) is 6.54 Å². The van der Waals surface area contributed by atoms with Crippen molar-refractivity contribution in [1.29, 1.82) is 0 Å². The van der Waals surface area contributed by atoms with Crippen LogP contribution in [0.5, 0.6) is 0 Å². The maximum Gasteiger partial charge on any atom is 0.312 e. The second kappa shape index (κ2) is 4.87. The van der Waals surface area contributed by atoms with Crippen LogP contribution in [0.1, 0.15) is 31.4 Å². The Hall–Kier alpha value is -1.36. The molecule has 0 unspecified atom stereocenters. The summed E-state index contributed by atoms with van der Waals surface area (Å²) in [5.41, 5.74) is 6.21. The number of amides is 2. The molecule has 2 heterocycles. The summed E-state index contributed by atoms with van der Waals surface area (Å²) < 4.78 is 0. The molecule has 1 aromatic heterocycles. The van der Waals surface area contributed by atoms with Crippen LogP contribution in [-0.2, 0) is 9.59 Å². The molecule has 92 valence electrons. The van der Waals surface area contributed by atoms with Crippen molar-refractivity contribution in [3.8, 4) is 0 Å². The molecule has 1 saturated heterocycles. The summed E-state index contributed by atoms with van der Waals surface area (Å²) in [4.78, 5) is 24.5. The second-order valence-electron chi connectivity index (χ2n) is 4.58. The van der Waals surface area contributed by atoms with E-state index in [0.29, 0.717) is 12.5 Å². The van der Waals surface area contributed by atoms with Gasteiger partial charge in [0.25, 0.3) is 0 Å². The van der Waals surface area contributed by atoms with Crippen LogP contribution in [0, 0.1) is 5.92 Å². The molecule has 0 aliphatic carbocycles. The zero-order valence-electron chi connectivity index (χ0n) is 9.76. The van der Waals surface area contributed by atoms with Gasteiger partial charge in [-0.1, -0.05) is 6.92 Å². The SMILES string of the molecule is C[C@H]1CC[C@H](c2ccsc2)N(C(=O)C(N)=O)C1. The van der Waals surface area contributed by atoms with Crippen LogP contribution in [0.3, 0.4) is 0 Å². The van der Waals surface area contributed by atoms with Gasteiger partial charge in [0.2, 0.25) is 0 Å². The molecule has 5 heteroatoms. The first kappa shape index (κ1) is 12.1. The van der Waals surface area contributed by atoms with Crippen LogP contribution in [0.15, 0.2) is 16.8 Å². The molecule has 2 atom stereocenters. The molecule has 1 aromatic rings. The summed E-state index contributed by atoms with van der Waals surface area (Å²) in [6, 6.07) is 2.02. The van der Waals surface area contributed by atoms with E-state index in [2.05, 4.69) is 6.92 Å². The minimum absolute atomic E-state index is 0.0115. The molecule has 0 bridgehead atoms. The number of hydrogen-bond acceptors (Lipinski definition) is 3. The van der Waals surface area contributed by atoms with Gasteiger partial charge < -0.3 is 10.6 Å². The Morgan fingerprint density at radius 2 is 2.24 bits per heavy atom. The highest BCUT2D eigenvalue weighted by Crippen LogP contribution is 2.34.